The van der Waals surface area contributed by atoms with Gasteiger partial charge in [0.1, 0.15) is 5.60 Å². The van der Waals surface area contributed by atoms with Gasteiger partial charge in [0.15, 0.2) is 0 Å². The molecular formula is C16H30N2O2. The minimum absolute atomic E-state index is 0.0187. The molecule has 2 rings (SSSR count). The monoisotopic (exact) mass is 282 g/mol. The van der Waals surface area contributed by atoms with Gasteiger partial charge in [-0.15, -0.1) is 0 Å². The summed E-state index contributed by atoms with van der Waals surface area (Å²) < 4.78 is 5.63. The summed E-state index contributed by atoms with van der Waals surface area (Å²) >= 11 is 0. The van der Waals surface area contributed by atoms with E-state index in [4.69, 9.17) is 4.74 Å². The lowest BCUT2D eigenvalue weighted by atomic mass is 9.86. The lowest BCUT2D eigenvalue weighted by Crippen LogP contribution is -2.57. The standard InChI is InChI=1S/C16H30N2O2/c1-13(2)17-11-9-16(12-17)8-6-7-10-18(16)14(19)20-15(3,4)5/h13H,6-12H2,1-5H3. The van der Waals surface area contributed by atoms with Gasteiger partial charge in [0, 0.05) is 25.7 Å². The number of nitrogens with zero attached hydrogens (tertiary/aromatic N) is 2. The molecule has 116 valence electrons. The Balaban J connectivity index is 2.12. The van der Waals surface area contributed by atoms with Crippen LogP contribution in [-0.2, 0) is 4.74 Å². The number of ether oxygens (including phenoxy) is 1. The second kappa shape index (κ2) is 5.55. The van der Waals surface area contributed by atoms with Crippen molar-refractivity contribution in [3.63, 3.8) is 0 Å². The lowest BCUT2D eigenvalue weighted by Gasteiger charge is -2.45. The fourth-order valence-corrected chi connectivity index (χ4v) is 3.45. The third kappa shape index (κ3) is 3.27. The van der Waals surface area contributed by atoms with E-state index in [0.29, 0.717) is 6.04 Å². The van der Waals surface area contributed by atoms with Crippen molar-refractivity contribution in [2.75, 3.05) is 19.6 Å². The van der Waals surface area contributed by atoms with Gasteiger partial charge in [-0.3, -0.25) is 4.90 Å². The van der Waals surface area contributed by atoms with E-state index in [-0.39, 0.29) is 11.6 Å². The number of piperidine rings is 1. The Labute approximate surface area is 123 Å². The molecule has 0 radical (unpaired) electrons. The maximum Gasteiger partial charge on any atom is 0.410 e. The fourth-order valence-electron chi connectivity index (χ4n) is 3.45. The topological polar surface area (TPSA) is 32.8 Å². The van der Waals surface area contributed by atoms with Gasteiger partial charge in [0.05, 0.1) is 5.54 Å². The summed E-state index contributed by atoms with van der Waals surface area (Å²) in [7, 11) is 0. The third-order valence-electron chi connectivity index (χ3n) is 4.55. The molecule has 2 saturated heterocycles. The average molecular weight is 282 g/mol. The third-order valence-corrected chi connectivity index (χ3v) is 4.55. The highest BCUT2D eigenvalue weighted by Crippen LogP contribution is 2.38. The Morgan fingerprint density at radius 3 is 2.40 bits per heavy atom. The smallest absolute Gasteiger partial charge is 0.410 e. The van der Waals surface area contributed by atoms with Gasteiger partial charge in [0.25, 0.3) is 0 Å². The summed E-state index contributed by atoms with van der Waals surface area (Å²) in [6.07, 6.45) is 4.41. The predicted molar refractivity (Wildman–Crippen MR) is 80.8 cm³/mol. The van der Waals surface area contributed by atoms with Crippen LogP contribution in [0.1, 0.15) is 60.3 Å². The molecule has 0 aromatic rings. The Hall–Kier alpha value is -0.770. The Bertz CT molecular complexity index is 362. The van der Waals surface area contributed by atoms with Crippen molar-refractivity contribution in [1.29, 1.82) is 0 Å². The number of likely N-dealkylation sites (tertiary alicyclic amines) is 2. The molecule has 2 aliphatic rings. The van der Waals surface area contributed by atoms with E-state index in [2.05, 4.69) is 18.7 Å². The zero-order valence-electron chi connectivity index (χ0n) is 13.7. The zero-order chi connectivity index (χ0) is 15.0. The molecule has 0 N–H and O–H groups in total. The first-order chi connectivity index (χ1) is 9.23. The Morgan fingerprint density at radius 1 is 1.15 bits per heavy atom. The molecule has 0 aromatic heterocycles. The second-order valence-corrected chi connectivity index (χ2v) is 7.63. The first kappa shape index (κ1) is 15.6. The molecule has 4 heteroatoms. The summed E-state index contributed by atoms with van der Waals surface area (Å²) in [6, 6.07) is 0.553. The van der Waals surface area contributed by atoms with Crippen molar-refractivity contribution >= 4 is 6.09 Å². The zero-order valence-corrected chi connectivity index (χ0v) is 13.7. The van der Waals surface area contributed by atoms with E-state index in [0.717, 1.165) is 38.9 Å². The van der Waals surface area contributed by atoms with Crippen LogP contribution in [0.15, 0.2) is 0 Å². The highest BCUT2D eigenvalue weighted by Gasteiger charge is 2.47. The highest BCUT2D eigenvalue weighted by molar-refractivity contribution is 5.69. The van der Waals surface area contributed by atoms with Crippen LogP contribution in [0.3, 0.4) is 0 Å². The van der Waals surface area contributed by atoms with E-state index in [1.54, 1.807) is 0 Å². The maximum atomic E-state index is 12.5. The van der Waals surface area contributed by atoms with Crippen molar-refractivity contribution in [2.24, 2.45) is 0 Å². The maximum absolute atomic E-state index is 12.5. The van der Waals surface area contributed by atoms with Crippen LogP contribution < -0.4 is 0 Å². The molecular weight excluding hydrogens is 252 g/mol. The number of rotatable bonds is 1. The molecule has 2 fully saturated rings. The molecule has 1 amide bonds. The predicted octanol–water partition coefficient (Wildman–Crippen LogP) is 3.26. The van der Waals surface area contributed by atoms with E-state index < -0.39 is 5.60 Å². The molecule has 0 aliphatic carbocycles. The average Bonchev–Trinajstić information content (AvgIpc) is 2.72. The number of hydrogen-bond donors (Lipinski definition) is 0. The van der Waals surface area contributed by atoms with E-state index in [1.807, 2.05) is 25.7 Å². The van der Waals surface area contributed by atoms with E-state index in [9.17, 15) is 4.79 Å². The van der Waals surface area contributed by atoms with Crippen molar-refractivity contribution < 1.29 is 9.53 Å². The van der Waals surface area contributed by atoms with Gasteiger partial charge in [-0.1, -0.05) is 0 Å². The normalized spacial score (nSPS) is 28.4. The van der Waals surface area contributed by atoms with Gasteiger partial charge in [-0.2, -0.15) is 0 Å². The van der Waals surface area contributed by atoms with Crippen molar-refractivity contribution in [3.05, 3.63) is 0 Å². The molecule has 0 saturated carbocycles. The van der Waals surface area contributed by atoms with Gasteiger partial charge in [-0.25, -0.2) is 4.79 Å². The first-order valence-electron chi connectivity index (χ1n) is 7.98. The van der Waals surface area contributed by atoms with Crippen LogP contribution in [-0.4, -0.2) is 52.7 Å². The minimum atomic E-state index is -0.411. The van der Waals surface area contributed by atoms with Crippen LogP contribution >= 0.6 is 0 Å². The molecule has 0 bridgehead atoms. The SMILES string of the molecule is CC(C)N1CCC2(CCCCN2C(=O)OC(C)(C)C)C1. The lowest BCUT2D eigenvalue weighted by molar-refractivity contribution is -0.0140. The second-order valence-electron chi connectivity index (χ2n) is 7.63. The summed E-state index contributed by atoms with van der Waals surface area (Å²) in [6.45, 7) is 13.2. The fraction of sp³-hybridized carbons (Fsp3) is 0.938. The Kier molecular flexibility index (Phi) is 4.33. The molecule has 4 nitrogen and oxygen atoms in total. The number of amides is 1. The Morgan fingerprint density at radius 2 is 1.85 bits per heavy atom. The van der Waals surface area contributed by atoms with Crippen molar-refractivity contribution in [1.82, 2.24) is 9.80 Å². The van der Waals surface area contributed by atoms with Crippen LogP contribution in [0.4, 0.5) is 4.79 Å². The molecule has 1 unspecified atom stereocenters. The largest absolute Gasteiger partial charge is 0.444 e. The highest BCUT2D eigenvalue weighted by atomic mass is 16.6. The van der Waals surface area contributed by atoms with Crippen LogP contribution in [0.5, 0.6) is 0 Å². The number of carbonyl (C=O) groups excluding carboxylic acids is 1. The minimum Gasteiger partial charge on any atom is -0.444 e. The molecule has 1 spiro atoms. The quantitative estimate of drug-likeness (QED) is 0.740. The van der Waals surface area contributed by atoms with Crippen LogP contribution in [0.25, 0.3) is 0 Å². The summed E-state index contributed by atoms with van der Waals surface area (Å²) in [5, 5.41) is 0. The molecule has 2 heterocycles. The van der Waals surface area contributed by atoms with Crippen molar-refractivity contribution in [2.45, 2.75) is 77.5 Å². The molecule has 20 heavy (non-hydrogen) atoms. The molecule has 2 aliphatic heterocycles. The van der Waals surface area contributed by atoms with Gasteiger partial charge in [-0.05, 0) is 60.3 Å². The molecule has 0 aromatic carbocycles. The van der Waals surface area contributed by atoms with E-state index in [1.165, 1.54) is 6.42 Å². The van der Waals surface area contributed by atoms with Gasteiger partial charge < -0.3 is 9.64 Å². The van der Waals surface area contributed by atoms with Crippen molar-refractivity contribution in [3.8, 4) is 0 Å². The number of carbonyl (C=O) groups is 1. The van der Waals surface area contributed by atoms with Crippen LogP contribution in [0.2, 0.25) is 0 Å². The summed E-state index contributed by atoms with van der Waals surface area (Å²) in [5.41, 5.74) is -0.392. The molecule has 1 atom stereocenters. The van der Waals surface area contributed by atoms with Crippen LogP contribution in [0, 0.1) is 0 Å². The summed E-state index contributed by atoms with van der Waals surface area (Å²) in [5.74, 6) is 0. The summed E-state index contributed by atoms with van der Waals surface area (Å²) in [4.78, 5) is 17.1. The number of hydrogen-bond acceptors (Lipinski definition) is 3. The van der Waals surface area contributed by atoms with Gasteiger partial charge in [0.2, 0.25) is 0 Å². The van der Waals surface area contributed by atoms with E-state index >= 15 is 0 Å². The first-order valence-corrected chi connectivity index (χ1v) is 7.98. The van der Waals surface area contributed by atoms with Gasteiger partial charge >= 0.3 is 6.09 Å².